The summed E-state index contributed by atoms with van der Waals surface area (Å²) >= 11 is 0. The molecule has 0 bridgehead atoms. The van der Waals surface area contributed by atoms with Crippen LogP contribution in [0.2, 0.25) is 0 Å². The normalized spacial score (nSPS) is 10.8. The third kappa shape index (κ3) is 2.77. The Morgan fingerprint density at radius 2 is 1.81 bits per heavy atom. The van der Waals surface area contributed by atoms with Crippen molar-refractivity contribution in [1.29, 1.82) is 0 Å². The molecule has 6 heteroatoms. The fraction of sp³-hybridized carbons (Fsp3) is 0.0500. The highest BCUT2D eigenvalue weighted by Crippen LogP contribution is 2.18. The molecule has 0 aliphatic carbocycles. The van der Waals surface area contributed by atoms with Crippen LogP contribution in [0, 0.1) is 6.92 Å². The van der Waals surface area contributed by atoms with Crippen LogP contribution in [0.4, 0.5) is 5.82 Å². The SMILES string of the molecule is Cc1cc(NC(=O)c2cn(-c3ccccc3)c3ccccc3c2=O)no1. The summed E-state index contributed by atoms with van der Waals surface area (Å²) in [5.41, 5.74) is 1.30. The molecule has 0 atom stereocenters. The number of fused-ring (bicyclic) bond motifs is 1. The van der Waals surface area contributed by atoms with Gasteiger partial charge >= 0.3 is 0 Å². The van der Waals surface area contributed by atoms with E-state index in [9.17, 15) is 9.59 Å². The van der Waals surface area contributed by atoms with Crippen molar-refractivity contribution in [2.75, 3.05) is 5.32 Å². The van der Waals surface area contributed by atoms with Crippen LogP contribution in [0.3, 0.4) is 0 Å². The molecular formula is C20H15N3O3. The zero-order valence-electron chi connectivity index (χ0n) is 14.0. The Labute approximate surface area is 148 Å². The number of benzene rings is 2. The Bertz CT molecular complexity index is 1160. The number of hydrogen-bond acceptors (Lipinski definition) is 4. The fourth-order valence-electron chi connectivity index (χ4n) is 2.85. The topological polar surface area (TPSA) is 77.1 Å². The molecular weight excluding hydrogens is 330 g/mol. The lowest BCUT2D eigenvalue weighted by atomic mass is 10.1. The van der Waals surface area contributed by atoms with Gasteiger partial charge in [-0.1, -0.05) is 35.5 Å². The van der Waals surface area contributed by atoms with E-state index in [1.807, 2.05) is 47.0 Å². The first kappa shape index (κ1) is 15.8. The summed E-state index contributed by atoms with van der Waals surface area (Å²) in [7, 11) is 0. The number of anilines is 1. The molecule has 0 aliphatic heterocycles. The standard InChI is InChI=1S/C20H15N3O3/c1-13-11-18(22-26-13)21-20(25)16-12-23(14-7-3-2-4-8-14)17-10-6-5-9-15(17)19(16)24/h2-12H,1H3,(H,21,22,25). The molecule has 2 heterocycles. The van der Waals surface area contributed by atoms with Gasteiger partial charge in [0.1, 0.15) is 11.3 Å². The number of hydrogen-bond donors (Lipinski definition) is 1. The van der Waals surface area contributed by atoms with Gasteiger partial charge in [-0.05, 0) is 31.2 Å². The number of pyridine rings is 1. The van der Waals surface area contributed by atoms with Gasteiger partial charge in [-0.3, -0.25) is 9.59 Å². The second-order valence-corrected chi connectivity index (χ2v) is 5.87. The molecule has 6 nitrogen and oxygen atoms in total. The summed E-state index contributed by atoms with van der Waals surface area (Å²) in [6.07, 6.45) is 1.56. The van der Waals surface area contributed by atoms with Gasteiger partial charge in [-0.2, -0.15) is 0 Å². The van der Waals surface area contributed by atoms with E-state index in [0.717, 1.165) is 11.2 Å². The fourth-order valence-corrected chi connectivity index (χ4v) is 2.85. The van der Waals surface area contributed by atoms with Crippen LogP contribution in [0.15, 0.2) is 76.2 Å². The van der Waals surface area contributed by atoms with E-state index in [0.29, 0.717) is 11.1 Å². The lowest BCUT2D eigenvalue weighted by Crippen LogP contribution is -2.23. The van der Waals surface area contributed by atoms with Crippen molar-refractivity contribution in [2.45, 2.75) is 6.92 Å². The molecule has 2 aromatic heterocycles. The monoisotopic (exact) mass is 345 g/mol. The molecule has 1 N–H and O–H groups in total. The summed E-state index contributed by atoms with van der Waals surface area (Å²) in [5.74, 6) is 0.311. The van der Waals surface area contributed by atoms with E-state index < -0.39 is 5.91 Å². The van der Waals surface area contributed by atoms with Crippen LogP contribution in [-0.2, 0) is 0 Å². The van der Waals surface area contributed by atoms with Crippen LogP contribution in [0.25, 0.3) is 16.6 Å². The number of nitrogens with zero attached hydrogens (tertiary/aromatic N) is 2. The molecule has 4 rings (SSSR count). The molecule has 1 amide bonds. The Morgan fingerprint density at radius 1 is 1.08 bits per heavy atom. The summed E-state index contributed by atoms with van der Waals surface area (Å²) in [6, 6.07) is 18.4. The van der Waals surface area contributed by atoms with E-state index in [1.165, 1.54) is 0 Å². The maximum absolute atomic E-state index is 12.8. The second kappa shape index (κ2) is 6.33. The molecule has 0 saturated carbocycles. The average molecular weight is 345 g/mol. The van der Waals surface area contributed by atoms with Crippen LogP contribution in [0.5, 0.6) is 0 Å². The van der Waals surface area contributed by atoms with Crippen molar-refractivity contribution >= 4 is 22.6 Å². The van der Waals surface area contributed by atoms with Crippen LogP contribution < -0.4 is 10.7 Å². The second-order valence-electron chi connectivity index (χ2n) is 5.87. The highest BCUT2D eigenvalue weighted by Gasteiger charge is 2.17. The van der Waals surface area contributed by atoms with Crippen molar-refractivity contribution in [2.24, 2.45) is 0 Å². The average Bonchev–Trinajstić information content (AvgIpc) is 3.07. The summed E-state index contributed by atoms with van der Waals surface area (Å²) in [4.78, 5) is 25.5. The van der Waals surface area contributed by atoms with Crippen LogP contribution >= 0.6 is 0 Å². The minimum absolute atomic E-state index is 0.0354. The summed E-state index contributed by atoms with van der Waals surface area (Å²) < 4.78 is 6.78. The Morgan fingerprint density at radius 3 is 2.54 bits per heavy atom. The first-order chi connectivity index (χ1) is 12.6. The quantitative estimate of drug-likeness (QED) is 0.616. The van der Waals surface area contributed by atoms with E-state index in [2.05, 4.69) is 10.5 Å². The van der Waals surface area contributed by atoms with E-state index in [1.54, 1.807) is 31.3 Å². The third-order valence-corrected chi connectivity index (χ3v) is 4.06. The third-order valence-electron chi connectivity index (χ3n) is 4.06. The number of nitrogens with one attached hydrogen (secondary N) is 1. The minimum atomic E-state index is -0.529. The zero-order valence-corrected chi connectivity index (χ0v) is 14.0. The maximum Gasteiger partial charge on any atom is 0.262 e. The zero-order chi connectivity index (χ0) is 18.1. The number of carbonyl (C=O) groups excluding carboxylic acids is 1. The molecule has 26 heavy (non-hydrogen) atoms. The number of rotatable bonds is 3. The van der Waals surface area contributed by atoms with Crippen molar-refractivity contribution in [3.05, 3.63) is 88.4 Å². The summed E-state index contributed by atoms with van der Waals surface area (Å²) in [5, 5.41) is 6.82. The van der Waals surface area contributed by atoms with Gasteiger partial charge in [-0.15, -0.1) is 0 Å². The van der Waals surface area contributed by atoms with Gasteiger partial charge in [0.05, 0.1) is 5.52 Å². The number of aromatic nitrogens is 2. The molecule has 0 fully saturated rings. The van der Waals surface area contributed by atoms with Crippen molar-refractivity contribution < 1.29 is 9.32 Å². The molecule has 0 unspecified atom stereocenters. The molecule has 0 aliphatic rings. The van der Waals surface area contributed by atoms with E-state index in [-0.39, 0.29) is 16.8 Å². The minimum Gasteiger partial charge on any atom is -0.360 e. The van der Waals surface area contributed by atoms with Gasteiger partial charge in [0.15, 0.2) is 5.82 Å². The van der Waals surface area contributed by atoms with Crippen LogP contribution in [0.1, 0.15) is 16.1 Å². The molecule has 0 spiro atoms. The van der Waals surface area contributed by atoms with Crippen molar-refractivity contribution in [1.82, 2.24) is 9.72 Å². The Balaban J connectivity index is 1.88. The highest BCUT2D eigenvalue weighted by atomic mass is 16.5. The molecule has 0 saturated heterocycles. The molecule has 0 radical (unpaired) electrons. The summed E-state index contributed by atoms with van der Waals surface area (Å²) in [6.45, 7) is 1.72. The predicted molar refractivity (Wildman–Crippen MR) is 98.7 cm³/mol. The largest absolute Gasteiger partial charge is 0.360 e. The van der Waals surface area contributed by atoms with E-state index in [4.69, 9.17) is 4.52 Å². The highest BCUT2D eigenvalue weighted by molar-refractivity contribution is 6.05. The van der Waals surface area contributed by atoms with Gasteiger partial charge in [0, 0.05) is 23.3 Å². The van der Waals surface area contributed by atoms with Gasteiger partial charge in [0.25, 0.3) is 5.91 Å². The Hall–Kier alpha value is -3.67. The number of aryl methyl sites for hydroxylation is 1. The lowest BCUT2D eigenvalue weighted by molar-refractivity contribution is 0.102. The molecule has 2 aromatic carbocycles. The van der Waals surface area contributed by atoms with E-state index >= 15 is 0 Å². The number of amides is 1. The van der Waals surface area contributed by atoms with Crippen molar-refractivity contribution in [3.63, 3.8) is 0 Å². The van der Waals surface area contributed by atoms with Gasteiger partial charge in [-0.25, -0.2) is 0 Å². The number of para-hydroxylation sites is 2. The van der Waals surface area contributed by atoms with Gasteiger partial charge < -0.3 is 14.4 Å². The lowest BCUT2D eigenvalue weighted by Gasteiger charge is -2.13. The Kier molecular flexibility index (Phi) is 3.85. The smallest absolute Gasteiger partial charge is 0.262 e. The first-order valence-electron chi connectivity index (χ1n) is 8.08. The number of carbonyl (C=O) groups is 1. The maximum atomic E-state index is 12.8. The van der Waals surface area contributed by atoms with Gasteiger partial charge in [0.2, 0.25) is 5.43 Å². The molecule has 128 valence electrons. The first-order valence-corrected chi connectivity index (χ1v) is 8.08. The van der Waals surface area contributed by atoms with Crippen molar-refractivity contribution in [3.8, 4) is 5.69 Å². The van der Waals surface area contributed by atoms with Crippen LogP contribution in [-0.4, -0.2) is 15.6 Å². The predicted octanol–water partition coefficient (Wildman–Crippen LogP) is 3.54. The molecule has 4 aromatic rings.